The molecule has 0 fully saturated rings. The van der Waals surface area contributed by atoms with Gasteiger partial charge in [-0.05, 0) is 31.0 Å². The molecule has 0 aliphatic carbocycles. The van der Waals surface area contributed by atoms with Gasteiger partial charge in [-0.1, -0.05) is 20.8 Å². The van der Waals surface area contributed by atoms with Gasteiger partial charge >= 0.3 is 0 Å². The van der Waals surface area contributed by atoms with E-state index in [0.29, 0.717) is 42.6 Å². The minimum Gasteiger partial charge on any atom is -0.356 e. The molecule has 0 unspecified atom stereocenters. The lowest BCUT2D eigenvalue weighted by Crippen LogP contribution is -2.31. The number of nitrogens with one attached hydrogen (secondary N) is 3. The Balaban J connectivity index is 0.00000529. The second-order valence-corrected chi connectivity index (χ2v) is 8.83. The summed E-state index contributed by atoms with van der Waals surface area (Å²) in [5, 5.41) is 5.92. The first kappa shape index (κ1) is 23.3. The van der Waals surface area contributed by atoms with Crippen LogP contribution in [0.3, 0.4) is 0 Å². The number of likely N-dealkylation sites (N-methyl/N-ethyl adjacent to an activating group) is 1. The molecule has 140 valence electrons. The number of halogens is 1. The van der Waals surface area contributed by atoms with E-state index in [4.69, 9.17) is 0 Å². The summed E-state index contributed by atoms with van der Waals surface area (Å²) in [6.07, 6.45) is 1.15. The number of hydrogen-bond acceptors (Lipinski definition) is 5. The van der Waals surface area contributed by atoms with Crippen molar-refractivity contribution in [3.63, 3.8) is 0 Å². The molecule has 0 radical (unpaired) electrons. The number of carbonyl (C=O) groups excluding carboxylic acids is 1. The van der Waals surface area contributed by atoms with E-state index in [1.807, 2.05) is 20.8 Å². The molecule has 1 aromatic rings. The molecule has 24 heavy (non-hydrogen) atoms. The largest absolute Gasteiger partial charge is 0.356 e. The third-order valence-corrected chi connectivity index (χ3v) is 6.13. The summed E-state index contributed by atoms with van der Waals surface area (Å²) in [6, 6.07) is 3.42. The van der Waals surface area contributed by atoms with Crippen molar-refractivity contribution in [1.82, 2.24) is 15.4 Å². The van der Waals surface area contributed by atoms with Crippen LogP contribution in [0.2, 0.25) is 0 Å². The van der Waals surface area contributed by atoms with Crippen LogP contribution >= 0.6 is 23.7 Å². The molecule has 0 saturated carbocycles. The van der Waals surface area contributed by atoms with Gasteiger partial charge in [0, 0.05) is 30.9 Å². The zero-order chi connectivity index (χ0) is 17.3. The van der Waals surface area contributed by atoms with Gasteiger partial charge in [0.1, 0.15) is 4.21 Å². The third-order valence-electron chi connectivity index (χ3n) is 3.03. The summed E-state index contributed by atoms with van der Waals surface area (Å²) in [7, 11) is -3.44. The number of carbonyl (C=O) groups is 1. The predicted octanol–water partition coefficient (Wildman–Crippen LogP) is 1.76. The maximum Gasteiger partial charge on any atom is 0.250 e. The highest BCUT2D eigenvalue weighted by atomic mass is 35.5. The van der Waals surface area contributed by atoms with Gasteiger partial charge in [0.15, 0.2) is 0 Å². The van der Waals surface area contributed by atoms with Gasteiger partial charge < -0.3 is 10.6 Å². The van der Waals surface area contributed by atoms with E-state index in [0.717, 1.165) is 11.4 Å². The SMILES string of the molecule is CCNCCNS(=O)(=O)c1ccc(CCNC(=O)CC(C)C)s1.Cl. The normalized spacial score (nSPS) is 11.3. The van der Waals surface area contributed by atoms with Crippen molar-refractivity contribution in [3.8, 4) is 0 Å². The monoisotopic (exact) mass is 397 g/mol. The average Bonchev–Trinajstić information content (AvgIpc) is 2.92. The number of sulfonamides is 1. The van der Waals surface area contributed by atoms with Gasteiger partial charge in [-0.3, -0.25) is 4.79 Å². The van der Waals surface area contributed by atoms with Crippen molar-refractivity contribution in [2.24, 2.45) is 5.92 Å². The first-order chi connectivity index (χ1) is 10.8. The van der Waals surface area contributed by atoms with E-state index in [9.17, 15) is 13.2 Å². The zero-order valence-electron chi connectivity index (χ0n) is 14.4. The van der Waals surface area contributed by atoms with Crippen LogP contribution in [0.15, 0.2) is 16.3 Å². The van der Waals surface area contributed by atoms with E-state index < -0.39 is 10.0 Å². The van der Waals surface area contributed by atoms with Crippen molar-refractivity contribution >= 4 is 39.7 Å². The van der Waals surface area contributed by atoms with Crippen LogP contribution in [0.4, 0.5) is 0 Å². The lowest BCUT2D eigenvalue weighted by Gasteiger charge is -2.06. The second kappa shape index (κ2) is 11.8. The van der Waals surface area contributed by atoms with Crippen LogP contribution in [-0.4, -0.2) is 40.5 Å². The van der Waals surface area contributed by atoms with Gasteiger partial charge in [-0.2, -0.15) is 0 Å². The van der Waals surface area contributed by atoms with E-state index in [1.54, 1.807) is 12.1 Å². The standard InChI is InChI=1S/C15H27N3O3S2.ClH/c1-4-16-9-10-18-23(20,21)15-6-5-13(22-15)7-8-17-14(19)11-12(2)3;/h5-6,12,16,18H,4,7-11H2,1-3H3,(H,17,19);1H. The van der Waals surface area contributed by atoms with E-state index in [-0.39, 0.29) is 18.3 Å². The van der Waals surface area contributed by atoms with Crippen LogP contribution in [-0.2, 0) is 21.2 Å². The Morgan fingerprint density at radius 2 is 1.92 bits per heavy atom. The smallest absolute Gasteiger partial charge is 0.250 e. The summed E-state index contributed by atoms with van der Waals surface area (Å²) in [4.78, 5) is 12.5. The minimum atomic E-state index is -3.44. The van der Waals surface area contributed by atoms with Gasteiger partial charge in [-0.15, -0.1) is 23.7 Å². The van der Waals surface area contributed by atoms with Crippen molar-refractivity contribution in [2.75, 3.05) is 26.2 Å². The van der Waals surface area contributed by atoms with Crippen LogP contribution in [0.5, 0.6) is 0 Å². The molecule has 6 nitrogen and oxygen atoms in total. The molecule has 0 bridgehead atoms. The molecule has 0 spiro atoms. The second-order valence-electron chi connectivity index (χ2n) is 5.67. The molecular weight excluding hydrogens is 370 g/mol. The van der Waals surface area contributed by atoms with E-state index >= 15 is 0 Å². The Bertz CT molecular complexity index is 589. The summed E-state index contributed by atoms with van der Waals surface area (Å²) in [6.45, 7) is 8.29. The first-order valence-electron chi connectivity index (χ1n) is 7.91. The Kier molecular flexibility index (Phi) is 11.5. The fourth-order valence-corrected chi connectivity index (χ4v) is 4.36. The average molecular weight is 398 g/mol. The fraction of sp³-hybridized carbons (Fsp3) is 0.667. The molecule has 1 heterocycles. The van der Waals surface area contributed by atoms with Crippen molar-refractivity contribution in [1.29, 1.82) is 0 Å². The number of hydrogen-bond donors (Lipinski definition) is 3. The van der Waals surface area contributed by atoms with Crippen LogP contribution in [0.1, 0.15) is 32.1 Å². The molecule has 3 N–H and O–H groups in total. The zero-order valence-corrected chi connectivity index (χ0v) is 16.9. The number of rotatable bonds is 11. The summed E-state index contributed by atoms with van der Waals surface area (Å²) in [5.41, 5.74) is 0. The highest BCUT2D eigenvalue weighted by Crippen LogP contribution is 2.21. The molecular formula is C15H28ClN3O3S2. The Morgan fingerprint density at radius 3 is 2.54 bits per heavy atom. The molecule has 1 rings (SSSR count). The van der Waals surface area contributed by atoms with Crippen LogP contribution in [0, 0.1) is 5.92 Å². The van der Waals surface area contributed by atoms with Crippen molar-refractivity contribution in [2.45, 2.75) is 37.8 Å². The summed E-state index contributed by atoms with van der Waals surface area (Å²) in [5.74, 6) is 0.372. The highest BCUT2D eigenvalue weighted by Gasteiger charge is 2.16. The van der Waals surface area contributed by atoms with Crippen LogP contribution < -0.4 is 15.4 Å². The first-order valence-corrected chi connectivity index (χ1v) is 10.2. The fourth-order valence-electron chi connectivity index (χ4n) is 1.93. The molecule has 1 amide bonds. The Morgan fingerprint density at radius 1 is 1.21 bits per heavy atom. The van der Waals surface area contributed by atoms with Crippen molar-refractivity contribution < 1.29 is 13.2 Å². The summed E-state index contributed by atoms with van der Waals surface area (Å²) < 4.78 is 27.1. The molecule has 1 aromatic heterocycles. The van der Waals surface area contributed by atoms with Crippen LogP contribution in [0.25, 0.3) is 0 Å². The van der Waals surface area contributed by atoms with Gasteiger partial charge in [0.05, 0.1) is 0 Å². The molecule has 0 aliphatic rings. The topological polar surface area (TPSA) is 87.3 Å². The van der Waals surface area contributed by atoms with E-state index in [2.05, 4.69) is 15.4 Å². The lowest BCUT2D eigenvalue weighted by atomic mass is 10.1. The molecule has 0 aromatic carbocycles. The maximum atomic E-state index is 12.1. The molecule has 0 aliphatic heterocycles. The number of amides is 1. The predicted molar refractivity (Wildman–Crippen MR) is 101 cm³/mol. The lowest BCUT2D eigenvalue weighted by molar-refractivity contribution is -0.121. The van der Waals surface area contributed by atoms with E-state index in [1.165, 1.54) is 11.3 Å². The quantitative estimate of drug-likeness (QED) is 0.496. The highest BCUT2D eigenvalue weighted by molar-refractivity contribution is 7.91. The molecule has 0 atom stereocenters. The number of thiophene rings is 1. The van der Waals surface area contributed by atoms with Gasteiger partial charge in [0.25, 0.3) is 0 Å². The Hall–Kier alpha value is -0.670. The van der Waals surface area contributed by atoms with Gasteiger partial charge in [-0.25, -0.2) is 13.1 Å². The van der Waals surface area contributed by atoms with Gasteiger partial charge in [0.2, 0.25) is 15.9 Å². The molecule has 9 heteroatoms. The molecule has 0 saturated heterocycles. The minimum absolute atomic E-state index is 0. The maximum absolute atomic E-state index is 12.1. The van der Waals surface area contributed by atoms with Crippen molar-refractivity contribution in [3.05, 3.63) is 17.0 Å². The summed E-state index contributed by atoms with van der Waals surface area (Å²) >= 11 is 1.25. The third kappa shape index (κ3) is 8.98. The Labute approximate surface area is 155 Å².